The lowest BCUT2D eigenvalue weighted by Gasteiger charge is -2.30. The minimum absolute atomic E-state index is 0.0993. The van der Waals surface area contributed by atoms with Crippen molar-refractivity contribution in [3.63, 3.8) is 0 Å². The number of likely N-dealkylation sites (tertiary alicyclic amines) is 1. The molecule has 0 aromatic rings. The van der Waals surface area contributed by atoms with Crippen molar-refractivity contribution in [1.82, 2.24) is 10.2 Å². The summed E-state index contributed by atoms with van der Waals surface area (Å²) >= 11 is 0. The number of rotatable bonds is 2. The van der Waals surface area contributed by atoms with Gasteiger partial charge in [0, 0.05) is 18.6 Å². The molecule has 4 heteroatoms. The fraction of sp³-hybridized carbons (Fsp3) is 0.900. The highest BCUT2D eigenvalue weighted by Crippen LogP contribution is 2.28. The van der Waals surface area contributed by atoms with Crippen LogP contribution in [-0.2, 0) is 4.79 Å². The van der Waals surface area contributed by atoms with Crippen LogP contribution in [0.5, 0.6) is 0 Å². The predicted molar refractivity (Wildman–Crippen MR) is 54.7 cm³/mol. The van der Waals surface area contributed by atoms with E-state index in [4.69, 9.17) is 5.73 Å². The van der Waals surface area contributed by atoms with Crippen LogP contribution in [0.4, 0.5) is 0 Å². The van der Waals surface area contributed by atoms with Crippen LogP contribution in [0.2, 0.25) is 0 Å². The summed E-state index contributed by atoms with van der Waals surface area (Å²) in [4.78, 5) is 13.8. The fourth-order valence-electron chi connectivity index (χ4n) is 2.11. The summed E-state index contributed by atoms with van der Waals surface area (Å²) in [6, 6.07) is 0.463. The van der Waals surface area contributed by atoms with Crippen LogP contribution in [0.25, 0.3) is 0 Å². The summed E-state index contributed by atoms with van der Waals surface area (Å²) in [7, 11) is 2.10. The van der Waals surface area contributed by atoms with Gasteiger partial charge in [0.05, 0.1) is 5.92 Å². The average Bonchev–Trinajstić information content (AvgIpc) is 2.82. The zero-order valence-electron chi connectivity index (χ0n) is 8.70. The van der Waals surface area contributed by atoms with Gasteiger partial charge in [-0.05, 0) is 32.9 Å². The van der Waals surface area contributed by atoms with E-state index in [1.807, 2.05) is 0 Å². The second-order valence-electron chi connectivity index (χ2n) is 4.62. The summed E-state index contributed by atoms with van der Waals surface area (Å²) in [5.74, 6) is 0.264. The lowest BCUT2D eigenvalue weighted by atomic mass is 10.1. The van der Waals surface area contributed by atoms with Gasteiger partial charge in [-0.15, -0.1) is 0 Å². The Morgan fingerprint density at radius 1 is 1.57 bits per heavy atom. The fourth-order valence-corrected chi connectivity index (χ4v) is 2.11. The van der Waals surface area contributed by atoms with Crippen LogP contribution in [-0.4, -0.2) is 43.0 Å². The van der Waals surface area contributed by atoms with Gasteiger partial charge in [-0.3, -0.25) is 4.79 Å². The molecule has 0 spiro atoms. The van der Waals surface area contributed by atoms with E-state index in [1.54, 1.807) is 0 Å². The van der Waals surface area contributed by atoms with Crippen molar-refractivity contribution in [3.8, 4) is 0 Å². The Bertz CT molecular complexity index is 231. The van der Waals surface area contributed by atoms with Gasteiger partial charge in [0.1, 0.15) is 0 Å². The first-order valence-corrected chi connectivity index (χ1v) is 5.41. The van der Waals surface area contributed by atoms with Crippen molar-refractivity contribution in [2.45, 2.75) is 31.3 Å². The Hall–Kier alpha value is -0.610. The van der Waals surface area contributed by atoms with Crippen LogP contribution in [0, 0.1) is 5.92 Å². The molecule has 14 heavy (non-hydrogen) atoms. The third kappa shape index (κ3) is 2.25. The Labute approximate surface area is 84.8 Å². The van der Waals surface area contributed by atoms with E-state index < -0.39 is 0 Å². The second-order valence-corrected chi connectivity index (χ2v) is 4.62. The number of nitrogens with one attached hydrogen (secondary N) is 1. The molecule has 4 nitrogen and oxygen atoms in total. The minimum atomic E-state index is 0.0993. The van der Waals surface area contributed by atoms with E-state index in [0.717, 1.165) is 25.9 Å². The molecule has 1 saturated carbocycles. The quantitative estimate of drug-likeness (QED) is 0.630. The van der Waals surface area contributed by atoms with Crippen LogP contribution in [0.1, 0.15) is 19.3 Å². The summed E-state index contributed by atoms with van der Waals surface area (Å²) in [6.07, 6.45) is 3.16. The predicted octanol–water partition coefficient (Wildman–Crippen LogP) is -0.456. The minimum Gasteiger partial charge on any atom is -0.352 e. The lowest BCUT2D eigenvalue weighted by molar-refractivity contribution is -0.123. The van der Waals surface area contributed by atoms with Gasteiger partial charge in [0.25, 0.3) is 0 Å². The van der Waals surface area contributed by atoms with E-state index in [-0.39, 0.29) is 17.9 Å². The van der Waals surface area contributed by atoms with Gasteiger partial charge < -0.3 is 16.0 Å². The molecule has 0 radical (unpaired) electrons. The average molecular weight is 197 g/mol. The molecule has 1 heterocycles. The smallest absolute Gasteiger partial charge is 0.224 e. The van der Waals surface area contributed by atoms with Crippen molar-refractivity contribution < 1.29 is 4.79 Å². The van der Waals surface area contributed by atoms with E-state index in [1.165, 1.54) is 6.42 Å². The molecule has 0 bridgehead atoms. The molecule has 1 aliphatic carbocycles. The zero-order chi connectivity index (χ0) is 10.1. The topological polar surface area (TPSA) is 58.4 Å². The maximum Gasteiger partial charge on any atom is 0.224 e. The zero-order valence-corrected chi connectivity index (χ0v) is 8.70. The van der Waals surface area contributed by atoms with E-state index in [9.17, 15) is 4.79 Å². The molecule has 1 saturated heterocycles. The van der Waals surface area contributed by atoms with Gasteiger partial charge in [-0.25, -0.2) is 0 Å². The summed E-state index contributed by atoms with van der Waals surface area (Å²) in [5.41, 5.74) is 5.63. The van der Waals surface area contributed by atoms with Crippen molar-refractivity contribution in [2.24, 2.45) is 11.7 Å². The van der Waals surface area contributed by atoms with Gasteiger partial charge >= 0.3 is 0 Å². The number of piperidine rings is 1. The molecule has 3 N–H and O–H groups in total. The molecular formula is C10H19N3O. The Morgan fingerprint density at radius 3 is 2.86 bits per heavy atom. The van der Waals surface area contributed by atoms with Gasteiger partial charge in [-0.2, -0.15) is 0 Å². The molecule has 0 aromatic heterocycles. The van der Waals surface area contributed by atoms with Gasteiger partial charge in [-0.1, -0.05) is 0 Å². The Morgan fingerprint density at radius 2 is 2.29 bits per heavy atom. The molecule has 2 rings (SSSR count). The molecule has 3 atom stereocenters. The number of hydrogen-bond acceptors (Lipinski definition) is 3. The maximum atomic E-state index is 11.6. The van der Waals surface area contributed by atoms with Crippen LogP contribution in [0.3, 0.4) is 0 Å². The summed E-state index contributed by atoms with van der Waals surface area (Å²) < 4.78 is 0. The first-order chi connectivity index (χ1) is 6.66. The number of carbonyl (C=O) groups excluding carboxylic acids is 1. The second kappa shape index (κ2) is 3.87. The van der Waals surface area contributed by atoms with Gasteiger partial charge in [0.2, 0.25) is 5.91 Å². The molecule has 1 aliphatic heterocycles. The first-order valence-electron chi connectivity index (χ1n) is 5.41. The molecule has 1 amide bonds. The molecule has 2 fully saturated rings. The SMILES string of the molecule is CN1CCCC(NC(=O)C2CC2N)C1. The third-order valence-corrected chi connectivity index (χ3v) is 3.15. The Balaban J connectivity index is 1.76. The highest BCUT2D eigenvalue weighted by molar-refractivity contribution is 5.82. The number of nitrogens with zero attached hydrogens (tertiary/aromatic N) is 1. The van der Waals surface area contributed by atoms with Crippen LogP contribution >= 0.6 is 0 Å². The van der Waals surface area contributed by atoms with Crippen molar-refractivity contribution in [2.75, 3.05) is 20.1 Å². The van der Waals surface area contributed by atoms with E-state index in [2.05, 4.69) is 17.3 Å². The van der Waals surface area contributed by atoms with Crippen molar-refractivity contribution in [1.29, 1.82) is 0 Å². The van der Waals surface area contributed by atoms with E-state index in [0.29, 0.717) is 6.04 Å². The lowest BCUT2D eigenvalue weighted by Crippen LogP contribution is -2.47. The molecular weight excluding hydrogens is 178 g/mol. The number of hydrogen-bond donors (Lipinski definition) is 2. The highest BCUT2D eigenvalue weighted by Gasteiger charge is 2.40. The number of nitrogens with two attached hydrogens (primary N) is 1. The van der Waals surface area contributed by atoms with Crippen LogP contribution < -0.4 is 11.1 Å². The molecule has 80 valence electrons. The molecule has 3 unspecified atom stereocenters. The maximum absolute atomic E-state index is 11.6. The highest BCUT2D eigenvalue weighted by atomic mass is 16.2. The normalized spacial score (nSPS) is 38.0. The summed E-state index contributed by atoms with van der Waals surface area (Å²) in [5, 5.41) is 3.08. The molecule has 0 aromatic carbocycles. The van der Waals surface area contributed by atoms with Crippen molar-refractivity contribution in [3.05, 3.63) is 0 Å². The standard InChI is InChI=1S/C10H19N3O/c1-13-4-2-3-7(6-13)12-10(14)8-5-9(8)11/h7-9H,2-6,11H2,1H3,(H,12,14). The monoisotopic (exact) mass is 197 g/mol. The largest absolute Gasteiger partial charge is 0.352 e. The first kappa shape index (κ1) is 9.93. The number of likely N-dealkylation sites (N-methyl/N-ethyl adjacent to an activating group) is 1. The third-order valence-electron chi connectivity index (χ3n) is 3.15. The Kier molecular flexibility index (Phi) is 2.74. The van der Waals surface area contributed by atoms with Crippen LogP contribution in [0.15, 0.2) is 0 Å². The van der Waals surface area contributed by atoms with E-state index >= 15 is 0 Å². The number of amides is 1. The van der Waals surface area contributed by atoms with Gasteiger partial charge in [0.15, 0.2) is 0 Å². The number of carbonyl (C=O) groups is 1. The van der Waals surface area contributed by atoms with Crippen molar-refractivity contribution >= 4 is 5.91 Å². The summed E-state index contributed by atoms with van der Waals surface area (Å²) in [6.45, 7) is 2.13. The molecule has 2 aliphatic rings.